The van der Waals surface area contributed by atoms with Gasteiger partial charge in [0.2, 0.25) is 10.0 Å². The minimum absolute atomic E-state index is 0.0610. The second kappa shape index (κ2) is 8.51. The molecule has 1 saturated heterocycles. The van der Waals surface area contributed by atoms with E-state index in [1.54, 1.807) is 24.3 Å². The molecule has 0 aliphatic carbocycles. The number of nitrogens with zero attached hydrogens (tertiary/aromatic N) is 1. The van der Waals surface area contributed by atoms with Gasteiger partial charge in [0, 0.05) is 30.4 Å². The summed E-state index contributed by atoms with van der Waals surface area (Å²) in [7, 11) is -2.53. The predicted octanol–water partition coefficient (Wildman–Crippen LogP) is 3.75. The van der Waals surface area contributed by atoms with Crippen molar-refractivity contribution in [3.63, 3.8) is 0 Å². The lowest BCUT2D eigenvalue weighted by atomic mass is 9.94. The van der Waals surface area contributed by atoms with Crippen LogP contribution in [0.5, 0.6) is 5.75 Å². The Bertz CT molecular complexity index is 999. The van der Waals surface area contributed by atoms with E-state index < -0.39 is 26.6 Å². The predicted molar refractivity (Wildman–Crippen MR) is 109 cm³/mol. The first-order chi connectivity index (χ1) is 13.7. The molecule has 0 aromatic heterocycles. The van der Waals surface area contributed by atoms with Gasteiger partial charge in [-0.3, -0.25) is 4.79 Å². The molecule has 29 heavy (non-hydrogen) atoms. The van der Waals surface area contributed by atoms with Crippen LogP contribution < -0.4 is 10.1 Å². The highest BCUT2D eigenvalue weighted by Crippen LogP contribution is 2.28. The summed E-state index contributed by atoms with van der Waals surface area (Å²) in [4.78, 5) is 12.1. The van der Waals surface area contributed by atoms with Crippen molar-refractivity contribution in [2.75, 3.05) is 25.5 Å². The zero-order chi connectivity index (χ0) is 21.2. The van der Waals surface area contributed by atoms with E-state index in [1.807, 2.05) is 13.8 Å². The summed E-state index contributed by atoms with van der Waals surface area (Å²) in [5.41, 5.74) is 0.549. The summed E-state index contributed by atoms with van der Waals surface area (Å²) in [6.45, 7) is 4.64. The van der Waals surface area contributed by atoms with Crippen LogP contribution in [0.15, 0.2) is 47.4 Å². The third kappa shape index (κ3) is 4.76. The number of carbonyl (C=O) groups is 1. The van der Waals surface area contributed by atoms with E-state index in [0.29, 0.717) is 24.5 Å². The van der Waals surface area contributed by atoms with E-state index in [-0.39, 0.29) is 17.4 Å². The molecule has 1 aliphatic rings. The average Bonchev–Trinajstić information content (AvgIpc) is 2.67. The lowest BCUT2D eigenvalue weighted by Crippen LogP contribution is -2.42. The van der Waals surface area contributed by atoms with Gasteiger partial charge in [-0.1, -0.05) is 19.9 Å². The van der Waals surface area contributed by atoms with Gasteiger partial charge < -0.3 is 10.1 Å². The van der Waals surface area contributed by atoms with Crippen LogP contribution in [0.1, 0.15) is 30.6 Å². The lowest BCUT2D eigenvalue weighted by Gasteiger charge is -2.34. The first-order valence-corrected chi connectivity index (χ1v) is 10.9. The van der Waals surface area contributed by atoms with Crippen LogP contribution in [0.3, 0.4) is 0 Å². The van der Waals surface area contributed by atoms with Gasteiger partial charge in [0.05, 0.1) is 7.11 Å². The normalized spacial score (nSPS) is 20.3. The molecule has 2 aromatic rings. The molecular formula is C21H25FN2O4S. The maximum Gasteiger partial charge on any atom is 0.255 e. The van der Waals surface area contributed by atoms with Crippen LogP contribution in [0.4, 0.5) is 10.1 Å². The number of carbonyl (C=O) groups excluding carboxylic acids is 1. The van der Waals surface area contributed by atoms with Crippen molar-refractivity contribution in [2.45, 2.75) is 25.2 Å². The van der Waals surface area contributed by atoms with Crippen LogP contribution in [-0.2, 0) is 10.0 Å². The third-order valence-electron chi connectivity index (χ3n) is 4.97. The van der Waals surface area contributed by atoms with E-state index in [2.05, 4.69) is 5.32 Å². The smallest absolute Gasteiger partial charge is 0.255 e. The number of benzene rings is 2. The van der Waals surface area contributed by atoms with Crippen molar-refractivity contribution in [2.24, 2.45) is 11.8 Å². The van der Waals surface area contributed by atoms with Crippen molar-refractivity contribution in [1.82, 2.24) is 4.31 Å². The molecule has 0 spiro atoms. The molecule has 0 bridgehead atoms. The number of rotatable bonds is 5. The van der Waals surface area contributed by atoms with Crippen LogP contribution in [-0.4, -0.2) is 38.8 Å². The molecule has 1 heterocycles. The monoisotopic (exact) mass is 420 g/mol. The number of ether oxygens (including phenoxy) is 1. The van der Waals surface area contributed by atoms with Gasteiger partial charge in [-0.15, -0.1) is 0 Å². The highest BCUT2D eigenvalue weighted by Gasteiger charge is 2.33. The zero-order valence-electron chi connectivity index (χ0n) is 16.7. The summed E-state index contributed by atoms with van der Waals surface area (Å²) in [6.07, 6.45) is 0.928. The third-order valence-corrected chi connectivity index (χ3v) is 6.82. The van der Waals surface area contributed by atoms with E-state index in [4.69, 9.17) is 4.74 Å². The van der Waals surface area contributed by atoms with Crippen molar-refractivity contribution in [3.05, 3.63) is 53.8 Å². The highest BCUT2D eigenvalue weighted by atomic mass is 32.2. The quantitative estimate of drug-likeness (QED) is 0.799. The molecule has 0 saturated carbocycles. The number of sulfonamides is 1. The summed E-state index contributed by atoms with van der Waals surface area (Å²) in [5, 5.41) is 2.67. The molecule has 2 aromatic carbocycles. The molecule has 0 unspecified atom stereocenters. The van der Waals surface area contributed by atoms with Crippen LogP contribution in [0.25, 0.3) is 0 Å². The van der Waals surface area contributed by atoms with E-state index in [0.717, 1.165) is 18.6 Å². The Kier molecular flexibility index (Phi) is 6.24. The van der Waals surface area contributed by atoms with Gasteiger partial charge in [0.25, 0.3) is 5.91 Å². The fourth-order valence-corrected chi connectivity index (χ4v) is 5.46. The molecule has 1 N–H and O–H groups in total. The Labute approximate surface area is 170 Å². The fourth-order valence-electron chi connectivity index (χ4n) is 3.69. The Morgan fingerprint density at radius 3 is 2.48 bits per heavy atom. The number of methoxy groups -OCH3 is 1. The highest BCUT2D eigenvalue weighted by molar-refractivity contribution is 7.89. The molecule has 1 aliphatic heterocycles. The summed E-state index contributed by atoms with van der Waals surface area (Å²) < 4.78 is 47.0. The van der Waals surface area contributed by atoms with Crippen LogP contribution in [0, 0.1) is 17.7 Å². The molecule has 2 atom stereocenters. The Balaban J connectivity index is 1.88. The number of nitrogens with one attached hydrogen (secondary N) is 1. The Morgan fingerprint density at radius 1 is 1.14 bits per heavy atom. The number of hydrogen-bond donors (Lipinski definition) is 1. The first kappa shape index (κ1) is 21.3. The number of amides is 1. The molecular weight excluding hydrogens is 395 g/mol. The van der Waals surface area contributed by atoms with Crippen molar-refractivity contribution in [1.29, 1.82) is 0 Å². The summed E-state index contributed by atoms with van der Waals surface area (Å²) in [5.74, 6) is -0.449. The van der Waals surface area contributed by atoms with Gasteiger partial charge in [-0.2, -0.15) is 4.31 Å². The molecule has 6 nitrogen and oxygen atoms in total. The van der Waals surface area contributed by atoms with Gasteiger partial charge in [0.1, 0.15) is 16.5 Å². The minimum Gasteiger partial charge on any atom is -0.497 e. The number of piperidine rings is 1. The fraction of sp³-hybridized carbons (Fsp3) is 0.381. The second-order valence-corrected chi connectivity index (χ2v) is 9.51. The maximum atomic E-state index is 14.4. The Morgan fingerprint density at radius 2 is 1.83 bits per heavy atom. The molecule has 8 heteroatoms. The number of anilines is 1. The van der Waals surface area contributed by atoms with E-state index in [9.17, 15) is 17.6 Å². The van der Waals surface area contributed by atoms with Crippen molar-refractivity contribution in [3.8, 4) is 5.75 Å². The van der Waals surface area contributed by atoms with E-state index in [1.165, 1.54) is 17.5 Å². The first-order valence-electron chi connectivity index (χ1n) is 9.46. The zero-order valence-corrected chi connectivity index (χ0v) is 17.5. The van der Waals surface area contributed by atoms with Crippen molar-refractivity contribution >= 4 is 21.6 Å². The molecule has 156 valence electrons. The van der Waals surface area contributed by atoms with Crippen LogP contribution >= 0.6 is 0 Å². The molecule has 1 fully saturated rings. The lowest BCUT2D eigenvalue weighted by molar-refractivity contribution is 0.102. The van der Waals surface area contributed by atoms with Gasteiger partial charge in [-0.05, 0) is 48.6 Å². The van der Waals surface area contributed by atoms with Crippen molar-refractivity contribution < 1.29 is 22.3 Å². The maximum absolute atomic E-state index is 14.4. The summed E-state index contributed by atoms with van der Waals surface area (Å²) >= 11 is 0. The second-order valence-electron chi connectivity index (χ2n) is 7.60. The largest absolute Gasteiger partial charge is 0.497 e. The standard InChI is InChI=1S/C21H25FN2O4S/c1-14-9-15(2)13-24(12-14)29(26,27)20-10-16(7-8-19(20)22)21(25)23-17-5-4-6-18(11-17)28-3/h4-8,10-11,14-15H,9,12-13H2,1-3H3,(H,23,25)/t14-,15-/m0/s1. The molecule has 1 amide bonds. The number of hydrogen-bond acceptors (Lipinski definition) is 4. The van der Waals surface area contributed by atoms with E-state index >= 15 is 0 Å². The average molecular weight is 421 g/mol. The minimum atomic E-state index is -4.04. The molecule has 0 radical (unpaired) electrons. The van der Waals surface area contributed by atoms with Gasteiger partial charge in [0.15, 0.2) is 0 Å². The molecule has 3 rings (SSSR count). The van der Waals surface area contributed by atoms with Gasteiger partial charge >= 0.3 is 0 Å². The topological polar surface area (TPSA) is 75.7 Å². The van der Waals surface area contributed by atoms with Gasteiger partial charge in [-0.25, -0.2) is 12.8 Å². The number of halogens is 1. The SMILES string of the molecule is COc1cccc(NC(=O)c2ccc(F)c(S(=O)(=O)N3C[C@@H](C)C[C@H](C)C3)c2)c1. The summed E-state index contributed by atoms with van der Waals surface area (Å²) in [6, 6.07) is 10.2. The Hall–Kier alpha value is -2.45. The van der Waals surface area contributed by atoms with Crippen LogP contribution in [0.2, 0.25) is 0 Å².